The molecule has 20 heavy (non-hydrogen) atoms. The Bertz CT molecular complexity index is 689. The molecule has 0 bridgehead atoms. The molecule has 2 aromatic carbocycles. The molecule has 0 radical (unpaired) electrons. The van der Waals surface area contributed by atoms with Gasteiger partial charge in [-0.3, -0.25) is 4.79 Å². The van der Waals surface area contributed by atoms with E-state index in [2.05, 4.69) is 5.32 Å². The van der Waals surface area contributed by atoms with Gasteiger partial charge in [0, 0.05) is 10.7 Å². The number of aryl methyl sites for hydroxylation is 1. The maximum atomic E-state index is 13.1. The van der Waals surface area contributed by atoms with Gasteiger partial charge in [-0.15, -0.1) is 0 Å². The van der Waals surface area contributed by atoms with Crippen molar-refractivity contribution in [1.29, 1.82) is 0 Å². The van der Waals surface area contributed by atoms with E-state index in [1.165, 1.54) is 0 Å². The minimum atomic E-state index is -1.14. The summed E-state index contributed by atoms with van der Waals surface area (Å²) >= 11 is 11.7. The molecule has 0 aromatic heterocycles. The number of halogens is 4. The van der Waals surface area contributed by atoms with Crippen molar-refractivity contribution in [3.05, 3.63) is 63.1 Å². The van der Waals surface area contributed by atoms with E-state index in [4.69, 9.17) is 23.2 Å². The lowest BCUT2D eigenvalue weighted by atomic mass is 10.1. The average molecular weight is 316 g/mol. The van der Waals surface area contributed by atoms with Crippen molar-refractivity contribution in [2.45, 2.75) is 6.92 Å². The molecule has 1 amide bonds. The summed E-state index contributed by atoms with van der Waals surface area (Å²) in [6, 6.07) is 6.44. The van der Waals surface area contributed by atoms with Gasteiger partial charge >= 0.3 is 0 Å². The van der Waals surface area contributed by atoms with Gasteiger partial charge in [-0.25, -0.2) is 8.78 Å². The van der Waals surface area contributed by atoms with Crippen LogP contribution in [0.25, 0.3) is 0 Å². The van der Waals surface area contributed by atoms with E-state index in [9.17, 15) is 13.6 Å². The Morgan fingerprint density at radius 2 is 1.70 bits per heavy atom. The predicted molar refractivity (Wildman–Crippen MR) is 75.5 cm³/mol. The third-order valence-corrected chi connectivity index (χ3v) is 3.40. The van der Waals surface area contributed by atoms with E-state index in [-0.39, 0.29) is 10.6 Å². The monoisotopic (exact) mass is 315 g/mol. The molecule has 2 aromatic rings. The van der Waals surface area contributed by atoms with Crippen molar-refractivity contribution in [3.8, 4) is 0 Å². The van der Waals surface area contributed by atoms with Crippen LogP contribution in [0.2, 0.25) is 10.0 Å². The fraction of sp³-hybridized carbons (Fsp3) is 0.0714. The molecule has 0 saturated heterocycles. The highest BCUT2D eigenvalue weighted by Gasteiger charge is 2.15. The Morgan fingerprint density at radius 3 is 2.35 bits per heavy atom. The quantitative estimate of drug-likeness (QED) is 0.790. The zero-order valence-corrected chi connectivity index (χ0v) is 11.8. The third kappa shape index (κ3) is 3.08. The largest absolute Gasteiger partial charge is 0.322 e. The van der Waals surface area contributed by atoms with Crippen LogP contribution < -0.4 is 5.32 Å². The van der Waals surface area contributed by atoms with Gasteiger partial charge in [-0.2, -0.15) is 0 Å². The third-order valence-electron chi connectivity index (χ3n) is 2.68. The van der Waals surface area contributed by atoms with E-state index in [0.717, 1.165) is 17.7 Å². The minimum Gasteiger partial charge on any atom is -0.322 e. The number of benzene rings is 2. The van der Waals surface area contributed by atoms with E-state index in [0.29, 0.717) is 10.7 Å². The summed E-state index contributed by atoms with van der Waals surface area (Å²) in [5.74, 6) is -2.89. The standard InChI is InChI=1S/C14H9Cl2F2NO/c1-7-2-3-8(4-10(7)15)19-14(20)9-5-12(17)13(18)6-11(9)16/h2-6H,1H3,(H,19,20). The molecule has 0 heterocycles. The highest BCUT2D eigenvalue weighted by molar-refractivity contribution is 6.34. The number of hydrogen-bond acceptors (Lipinski definition) is 1. The number of carbonyl (C=O) groups excluding carboxylic acids is 1. The smallest absolute Gasteiger partial charge is 0.257 e. The molecule has 0 spiro atoms. The maximum absolute atomic E-state index is 13.1. The van der Waals surface area contributed by atoms with E-state index in [1.807, 2.05) is 6.92 Å². The highest BCUT2D eigenvalue weighted by atomic mass is 35.5. The fourth-order valence-corrected chi connectivity index (χ4v) is 1.98. The molecule has 0 aliphatic carbocycles. The molecule has 0 aliphatic heterocycles. The Hall–Kier alpha value is -1.65. The number of hydrogen-bond donors (Lipinski definition) is 1. The van der Waals surface area contributed by atoms with Crippen molar-refractivity contribution >= 4 is 34.8 Å². The summed E-state index contributed by atoms with van der Waals surface area (Å²) in [4.78, 5) is 12.0. The van der Waals surface area contributed by atoms with Gasteiger partial charge in [0.05, 0.1) is 10.6 Å². The second-order valence-electron chi connectivity index (χ2n) is 4.16. The number of amides is 1. The van der Waals surface area contributed by atoms with Crippen LogP contribution in [0.1, 0.15) is 15.9 Å². The zero-order valence-electron chi connectivity index (χ0n) is 10.3. The molecular weight excluding hydrogens is 307 g/mol. The van der Waals surface area contributed by atoms with Crippen LogP contribution in [-0.4, -0.2) is 5.91 Å². The van der Waals surface area contributed by atoms with Gasteiger partial charge in [0.2, 0.25) is 0 Å². The van der Waals surface area contributed by atoms with Crippen LogP contribution in [0.4, 0.5) is 14.5 Å². The first kappa shape index (κ1) is 14.8. The van der Waals surface area contributed by atoms with Crippen molar-refractivity contribution < 1.29 is 13.6 Å². The van der Waals surface area contributed by atoms with E-state index < -0.39 is 17.5 Å². The summed E-state index contributed by atoms with van der Waals surface area (Å²) in [5, 5.41) is 2.84. The normalized spacial score (nSPS) is 10.4. The maximum Gasteiger partial charge on any atom is 0.257 e. The van der Waals surface area contributed by atoms with Crippen molar-refractivity contribution in [2.75, 3.05) is 5.32 Å². The Kier molecular flexibility index (Phi) is 4.26. The van der Waals surface area contributed by atoms with E-state index in [1.54, 1.807) is 18.2 Å². The summed E-state index contributed by atoms with van der Waals surface area (Å²) in [5.41, 5.74) is 1.14. The molecule has 2 rings (SSSR count). The highest BCUT2D eigenvalue weighted by Crippen LogP contribution is 2.23. The average Bonchev–Trinajstić information content (AvgIpc) is 2.38. The van der Waals surface area contributed by atoms with Gasteiger partial charge in [0.1, 0.15) is 0 Å². The minimum absolute atomic E-state index is 0.151. The van der Waals surface area contributed by atoms with Gasteiger partial charge in [-0.1, -0.05) is 29.3 Å². The molecule has 0 fully saturated rings. The van der Waals surface area contributed by atoms with Crippen LogP contribution in [0.3, 0.4) is 0 Å². The summed E-state index contributed by atoms with van der Waals surface area (Å²) in [6.07, 6.45) is 0. The van der Waals surface area contributed by atoms with Crippen molar-refractivity contribution in [2.24, 2.45) is 0 Å². The molecule has 6 heteroatoms. The number of carbonyl (C=O) groups is 1. The summed E-state index contributed by atoms with van der Waals surface area (Å²) < 4.78 is 26.1. The van der Waals surface area contributed by atoms with Crippen LogP contribution in [0.5, 0.6) is 0 Å². The summed E-state index contributed by atoms with van der Waals surface area (Å²) in [7, 11) is 0. The first-order valence-corrected chi connectivity index (χ1v) is 6.36. The number of nitrogens with one attached hydrogen (secondary N) is 1. The predicted octanol–water partition coefficient (Wildman–Crippen LogP) is 4.83. The first-order chi connectivity index (χ1) is 9.38. The summed E-state index contributed by atoms with van der Waals surface area (Å²) in [6.45, 7) is 1.82. The molecule has 0 unspecified atom stereocenters. The Balaban J connectivity index is 2.28. The second-order valence-corrected chi connectivity index (χ2v) is 4.98. The molecular formula is C14H9Cl2F2NO. The molecule has 1 N–H and O–H groups in total. The topological polar surface area (TPSA) is 29.1 Å². The molecule has 0 aliphatic rings. The van der Waals surface area contributed by atoms with Crippen molar-refractivity contribution in [1.82, 2.24) is 0 Å². The number of rotatable bonds is 2. The Morgan fingerprint density at radius 1 is 1.05 bits per heavy atom. The molecule has 0 atom stereocenters. The van der Waals surface area contributed by atoms with Gasteiger partial charge in [0.15, 0.2) is 11.6 Å². The molecule has 2 nitrogen and oxygen atoms in total. The first-order valence-electron chi connectivity index (χ1n) is 5.60. The SMILES string of the molecule is Cc1ccc(NC(=O)c2cc(F)c(F)cc2Cl)cc1Cl. The van der Waals surface area contributed by atoms with Crippen LogP contribution in [-0.2, 0) is 0 Å². The molecule has 0 saturated carbocycles. The lowest BCUT2D eigenvalue weighted by molar-refractivity contribution is 0.102. The van der Waals surface area contributed by atoms with Crippen LogP contribution >= 0.6 is 23.2 Å². The van der Waals surface area contributed by atoms with Crippen LogP contribution in [0, 0.1) is 18.6 Å². The van der Waals surface area contributed by atoms with Crippen LogP contribution in [0.15, 0.2) is 30.3 Å². The molecule has 104 valence electrons. The van der Waals surface area contributed by atoms with Crippen molar-refractivity contribution in [3.63, 3.8) is 0 Å². The second kappa shape index (κ2) is 5.77. The lowest BCUT2D eigenvalue weighted by Gasteiger charge is -2.08. The fourth-order valence-electron chi connectivity index (χ4n) is 1.57. The van der Waals surface area contributed by atoms with E-state index >= 15 is 0 Å². The van der Waals surface area contributed by atoms with Gasteiger partial charge in [0.25, 0.3) is 5.91 Å². The lowest BCUT2D eigenvalue weighted by Crippen LogP contribution is -2.13. The Labute approximate surface area is 124 Å². The van der Waals surface area contributed by atoms with Gasteiger partial charge < -0.3 is 5.32 Å². The van der Waals surface area contributed by atoms with Gasteiger partial charge in [-0.05, 0) is 36.8 Å². The zero-order chi connectivity index (χ0) is 14.9. The number of anilines is 1.